The summed E-state index contributed by atoms with van der Waals surface area (Å²) in [6.45, 7) is 0.977. The third kappa shape index (κ3) is 5.30. The predicted molar refractivity (Wildman–Crippen MR) is 110 cm³/mol. The minimum atomic E-state index is -2.31. The van der Waals surface area contributed by atoms with E-state index in [4.69, 9.17) is 0 Å². The van der Waals surface area contributed by atoms with Gasteiger partial charge in [0.2, 0.25) is 17.6 Å². The van der Waals surface area contributed by atoms with Crippen molar-refractivity contribution in [3.05, 3.63) is 71.1 Å². The molecule has 0 spiro atoms. The van der Waals surface area contributed by atoms with E-state index in [-0.39, 0.29) is 0 Å². The number of carbonyl (C=O) groups excluding carboxylic acids is 2. The van der Waals surface area contributed by atoms with Crippen molar-refractivity contribution in [2.45, 2.75) is 6.04 Å². The number of para-hydroxylation sites is 1. The average Bonchev–Trinajstić information content (AvgIpc) is 2.85. The van der Waals surface area contributed by atoms with Crippen LogP contribution in [0.25, 0.3) is 6.08 Å². The number of anilines is 1. The first-order valence-electron chi connectivity index (χ1n) is 9.94. The number of carbonyl (C=O) groups is 2. The quantitative estimate of drug-likeness (QED) is 0.295. The van der Waals surface area contributed by atoms with Crippen molar-refractivity contribution >= 4 is 23.6 Å². The Morgan fingerprint density at radius 1 is 0.909 bits per heavy atom. The van der Waals surface area contributed by atoms with Crippen molar-refractivity contribution in [1.29, 1.82) is 0 Å². The first kappa shape index (κ1) is 24.2. The highest BCUT2D eigenvalue weighted by molar-refractivity contribution is 5.95. The first-order valence-corrected chi connectivity index (χ1v) is 9.94. The third-order valence-electron chi connectivity index (χ3n) is 5.15. The van der Waals surface area contributed by atoms with Crippen molar-refractivity contribution in [3.8, 4) is 0 Å². The Morgan fingerprint density at radius 2 is 1.45 bits per heavy atom. The number of aliphatic hydroxyl groups excluding tert-OH is 1. The standard InChI is InChI=1S/C22H20F5N3O3/c23-17-14(18(24)20(26)21(27)19(17)25)6-7-16(32)28-15(12-31)22(33)30-10-8-29(9-11-30)13-4-2-1-3-5-13/h1-7,15,31H,8-12H2,(H,28,32). The molecular weight excluding hydrogens is 449 g/mol. The summed E-state index contributed by atoms with van der Waals surface area (Å²) < 4.78 is 67.0. The second kappa shape index (κ2) is 10.4. The lowest BCUT2D eigenvalue weighted by Crippen LogP contribution is -2.56. The maximum atomic E-state index is 13.7. The van der Waals surface area contributed by atoms with Gasteiger partial charge in [0.05, 0.1) is 12.2 Å². The molecule has 1 aliphatic heterocycles. The van der Waals surface area contributed by atoms with Crippen molar-refractivity contribution in [2.24, 2.45) is 0 Å². The fraction of sp³-hybridized carbons (Fsp3) is 0.273. The molecule has 33 heavy (non-hydrogen) atoms. The molecule has 0 radical (unpaired) electrons. The number of nitrogens with one attached hydrogen (secondary N) is 1. The van der Waals surface area contributed by atoms with E-state index in [0.29, 0.717) is 38.3 Å². The Bertz CT molecular complexity index is 1030. The zero-order valence-electron chi connectivity index (χ0n) is 17.2. The number of nitrogens with zero attached hydrogens (tertiary/aromatic N) is 2. The van der Waals surface area contributed by atoms with Crippen LogP contribution in [0.5, 0.6) is 0 Å². The lowest BCUT2D eigenvalue weighted by atomic mass is 10.1. The van der Waals surface area contributed by atoms with Gasteiger partial charge in [-0.2, -0.15) is 0 Å². The number of hydrogen-bond donors (Lipinski definition) is 2. The molecule has 2 aromatic carbocycles. The van der Waals surface area contributed by atoms with Crippen LogP contribution in [0.3, 0.4) is 0 Å². The number of piperazine rings is 1. The van der Waals surface area contributed by atoms with E-state index in [9.17, 15) is 36.6 Å². The lowest BCUT2D eigenvalue weighted by Gasteiger charge is -2.37. The fourth-order valence-electron chi connectivity index (χ4n) is 3.38. The Kier molecular flexibility index (Phi) is 7.64. The van der Waals surface area contributed by atoms with E-state index in [2.05, 4.69) is 10.2 Å². The highest BCUT2D eigenvalue weighted by Crippen LogP contribution is 2.24. The molecule has 1 heterocycles. The van der Waals surface area contributed by atoms with E-state index in [0.717, 1.165) is 5.69 Å². The molecule has 11 heteroatoms. The summed E-state index contributed by atoms with van der Waals surface area (Å²) in [7, 11) is 0. The summed E-state index contributed by atoms with van der Waals surface area (Å²) in [4.78, 5) is 28.3. The van der Waals surface area contributed by atoms with Gasteiger partial charge in [-0.25, -0.2) is 22.0 Å². The van der Waals surface area contributed by atoms with E-state index >= 15 is 0 Å². The Morgan fingerprint density at radius 3 is 2.00 bits per heavy atom. The molecular formula is C22H20F5N3O3. The molecule has 3 rings (SSSR count). The molecule has 0 bridgehead atoms. The number of rotatable bonds is 6. The minimum Gasteiger partial charge on any atom is -0.394 e. The molecule has 1 atom stereocenters. The Balaban J connectivity index is 1.62. The van der Waals surface area contributed by atoms with Gasteiger partial charge in [0.1, 0.15) is 6.04 Å². The Hall–Kier alpha value is -3.47. The molecule has 2 amide bonds. The van der Waals surface area contributed by atoms with Crippen molar-refractivity contribution in [2.75, 3.05) is 37.7 Å². The van der Waals surface area contributed by atoms with E-state index < -0.39 is 59.1 Å². The van der Waals surface area contributed by atoms with Gasteiger partial charge < -0.3 is 20.2 Å². The topological polar surface area (TPSA) is 72.9 Å². The number of hydrogen-bond acceptors (Lipinski definition) is 4. The van der Waals surface area contributed by atoms with Crippen LogP contribution in [0.1, 0.15) is 5.56 Å². The molecule has 1 fully saturated rings. The normalized spacial score (nSPS) is 15.1. The summed E-state index contributed by atoms with van der Waals surface area (Å²) in [6, 6.07) is 8.20. The molecule has 2 aromatic rings. The number of benzene rings is 2. The van der Waals surface area contributed by atoms with Gasteiger partial charge >= 0.3 is 0 Å². The summed E-state index contributed by atoms with van der Waals surface area (Å²) in [5, 5.41) is 11.7. The van der Waals surface area contributed by atoms with Gasteiger partial charge in [-0.1, -0.05) is 18.2 Å². The van der Waals surface area contributed by atoms with E-state index in [1.165, 1.54) is 4.90 Å². The van der Waals surface area contributed by atoms with Crippen LogP contribution in [0, 0.1) is 29.1 Å². The molecule has 1 unspecified atom stereocenters. The van der Waals surface area contributed by atoms with Crippen LogP contribution in [-0.2, 0) is 9.59 Å². The molecule has 6 nitrogen and oxygen atoms in total. The number of amides is 2. The van der Waals surface area contributed by atoms with Crippen LogP contribution >= 0.6 is 0 Å². The lowest BCUT2D eigenvalue weighted by molar-refractivity contribution is -0.137. The van der Waals surface area contributed by atoms with Crippen LogP contribution < -0.4 is 10.2 Å². The van der Waals surface area contributed by atoms with Crippen LogP contribution in [0.4, 0.5) is 27.6 Å². The highest BCUT2D eigenvalue weighted by atomic mass is 19.2. The monoisotopic (exact) mass is 469 g/mol. The predicted octanol–water partition coefficient (Wildman–Crippen LogP) is 2.22. The Labute approximate surface area is 185 Å². The molecule has 0 aromatic heterocycles. The van der Waals surface area contributed by atoms with Crippen LogP contribution in [-0.4, -0.2) is 60.6 Å². The minimum absolute atomic E-state index is 0.334. The maximum absolute atomic E-state index is 13.7. The maximum Gasteiger partial charge on any atom is 0.247 e. The molecule has 0 saturated carbocycles. The molecule has 176 valence electrons. The van der Waals surface area contributed by atoms with E-state index in [1.807, 2.05) is 30.3 Å². The van der Waals surface area contributed by atoms with Gasteiger partial charge in [0.25, 0.3) is 0 Å². The van der Waals surface area contributed by atoms with E-state index in [1.54, 1.807) is 0 Å². The molecule has 0 aliphatic carbocycles. The van der Waals surface area contributed by atoms with Crippen molar-refractivity contribution < 1.29 is 36.6 Å². The second-order valence-electron chi connectivity index (χ2n) is 7.21. The first-order chi connectivity index (χ1) is 15.7. The van der Waals surface area contributed by atoms with Gasteiger partial charge in [-0.05, 0) is 18.2 Å². The van der Waals surface area contributed by atoms with Gasteiger partial charge in [-0.3, -0.25) is 9.59 Å². The summed E-state index contributed by atoms with van der Waals surface area (Å²) >= 11 is 0. The fourth-order valence-corrected chi connectivity index (χ4v) is 3.38. The summed E-state index contributed by atoms with van der Waals surface area (Å²) in [6.07, 6.45) is 0.921. The summed E-state index contributed by atoms with van der Waals surface area (Å²) in [5.41, 5.74) is -0.305. The smallest absolute Gasteiger partial charge is 0.247 e. The van der Waals surface area contributed by atoms with Crippen molar-refractivity contribution in [3.63, 3.8) is 0 Å². The van der Waals surface area contributed by atoms with Gasteiger partial charge in [0.15, 0.2) is 23.3 Å². The molecule has 1 saturated heterocycles. The number of aliphatic hydroxyl groups is 1. The summed E-state index contributed by atoms with van der Waals surface area (Å²) in [5.74, 6) is -12.4. The largest absolute Gasteiger partial charge is 0.394 e. The third-order valence-corrected chi connectivity index (χ3v) is 5.15. The number of halogens is 5. The van der Waals surface area contributed by atoms with Crippen molar-refractivity contribution in [1.82, 2.24) is 10.2 Å². The van der Waals surface area contributed by atoms with Gasteiger partial charge in [0, 0.05) is 37.9 Å². The molecule has 1 aliphatic rings. The second-order valence-corrected chi connectivity index (χ2v) is 7.21. The zero-order valence-corrected chi connectivity index (χ0v) is 17.2. The zero-order chi connectivity index (χ0) is 24.1. The highest BCUT2D eigenvalue weighted by Gasteiger charge is 2.28. The van der Waals surface area contributed by atoms with Crippen LogP contribution in [0.2, 0.25) is 0 Å². The molecule has 2 N–H and O–H groups in total. The van der Waals surface area contributed by atoms with Gasteiger partial charge in [-0.15, -0.1) is 0 Å². The van der Waals surface area contributed by atoms with Crippen LogP contribution in [0.15, 0.2) is 36.4 Å². The average molecular weight is 469 g/mol. The SMILES string of the molecule is O=C(C=Cc1c(F)c(F)c(F)c(F)c1F)NC(CO)C(=O)N1CCN(c2ccccc2)CC1.